The molecule has 0 heterocycles. The predicted octanol–water partition coefficient (Wildman–Crippen LogP) is 2.84. The lowest BCUT2D eigenvalue weighted by atomic mass is 9.98. The van der Waals surface area contributed by atoms with E-state index >= 15 is 0 Å². The fourth-order valence-corrected chi connectivity index (χ4v) is 1.77. The average molecular weight is 245 g/mol. The van der Waals surface area contributed by atoms with E-state index in [1.165, 1.54) is 19.3 Å². The highest BCUT2D eigenvalue weighted by Gasteiger charge is 2.08. The second kappa shape index (κ2) is 12.3. The topological polar surface area (TPSA) is 30.5 Å². The Morgan fingerprint density at radius 1 is 1.06 bits per heavy atom. The molecule has 0 aromatic rings. The second-order valence-corrected chi connectivity index (χ2v) is 4.77. The van der Waals surface area contributed by atoms with E-state index in [1.54, 1.807) is 7.11 Å². The highest BCUT2D eigenvalue weighted by Crippen LogP contribution is 2.11. The van der Waals surface area contributed by atoms with Crippen LogP contribution < -0.4 is 5.32 Å². The maximum atomic E-state index is 5.43. The molecule has 0 aliphatic heterocycles. The zero-order chi connectivity index (χ0) is 12.9. The smallest absolute Gasteiger partial charge is 0.0700 e. The van der Waals surface area contributed by atoms with Crippen molar-refractivity contribution in [3.05, 3.63) is 0 Å². The summed E-state index contributed by atoms with van der Waals surface area (Å²) in [5, 5.41) is 3.61. The van der Waals surface area contributed by atoms with Gasteiger partial charge in [-0.1, -0.05) is 27.2 Å². The Morgan fingerprint density at radius 2 is 1.82 bits per heavy atom. The highest BCUT2D eigenvalue weighted by atomic mass is 16.5. The molecular formula is C14H31NO2. The molecule has 1 N–H and O–H groups in total. The van der Waals surface area contributed by atoms with E-state index in [1.807, 2.05) is 0 Å². The fourth-order valence-electron chi connectivity index (χ4n) is 1.77. The number of ether oxygens (including phenoxy) is 2. The third-order valence-electron chi connectivity index (χ3n) is 3.21. The van der Waals surface area contributed by atoms with Gasteiger partial charge in [0, 0.05) is 19.8 Å². The minimum absolute atomic E-state index is 0.670. The maximum Gasteiger partial charge on any atom is 0.0700 e. The lowest BCUT2D eigenvalue weighted by Gasteiger charge is -2.20. The zero-order valence-electron chi connectivity index (χ0n) is 12.1. The van der Waals surface area contributed by atoms with Gasteiger partial charge in [0.2, 0.25) is 0 Å². The molecule has 17 heavy (non-hydrogen) atoms. The molecule has 2 unspecified atom stereocenters. The van der Waals surface area contributed by atoms with Gasteiger partial charge in [0.25, 0.3) is 0 Å². The number of methoxy groups -OCH3 is 1. The third-order valence-corrected chi connectivity index (χ3v) is 3.21. The van der Waals surface area contributed by atoms with Crippen molar-refractivity contribution < 1.29 is 9.47 Å². The first-order valence-electron chi connectivity index (χ1n) is 7.04. The maximum absolute atomic E-state index is 5.43. The molecule has 0 aromatic heterocycles. The molecule has 0 rings (SSSR count). The minimum Gasteiger partial charge on any atom is -0.382 e. The van der Waals surface area contributed by atoms with Crippen LogP contribution >= 0.6 is 0 Å². The molecule has 3 heteroatoms. The number of hydrogen-bond acceptors (Lipinski definition) is 3. The monoisotopic (exact) mass is 245 g/mol. The van der Waals surface area contributed by atoms with Crippen molar-refractivity contribution in [3.63, 3.8) is 0 Å². The summed E-state index contributed by atoms with van der Waals surface area (Å²) >= 11 is 0. The summed E-state index contributed by atoms with van der Waals surface area (Å²) in [5.74, 6) is 0.824. The van der Waals surface area contributed by atoms with E-state index in [-0.39, 0.29) is 0 Å². The van der Waals surface area contributed by atoms with E-state index in [0.29, 0.717) is 19.3 Å². The Hall–Kier alpha value is -0.120. The van der Waals surface area contributed by atoms with Gasteiger partial charge in [-0.25, -0.2) is 0 Å². The van der Waals surface area contributed by atoms with Crippen molar-refractivity contribution >= 4 is 0 Å². The first kappa shape index (κ1) is 16.9. The minimum atomic E-state index is 0.670. The van der Waals surface area contributed by atoms with Crippen LogP contribution in [0.1, 0.15) is 46.5 Å². The molecule has 0 fully saturated rings. The van der Waals surface area contributed by atoms with Crippen LogP contribution in [0.25, 0.3) is 0 Å². The van der Waals surface area contributed by atoms with Crippen molar-refractivity contribution in [1.29, 1.82) is 0 Å². The van der Waals surface area contributed by atoms with Gasteiger partial charge in [-0.05, 0) is 31.7 Å². The van der Waals surface area contributed by atoms with Gasteiger partial charge < -0.3 is 14.8 Å². The Morgan fingerprint density at radius 3 is 2.41 bits per heavy atom. The molecule has 2 atom stereocenters. The van der Waals surface area contributed by atoms with E-state index in [2.05, 4.69) is 26.1 Å². The number of hydrogen-bond donors (Lipinski definition) is 1. The molecule has 3 nitrogen and oxygen atoms in total. The van der Waals surface area contributed by atoms with Crippen LogP contribution in [-0.4, -0.2) is 39.5 Å². The van der Waals surface area contributed by atoms with Gasteiger partial charge in [0.05, 0.1) is 13.2 Å². The second-order valence-electron chi connectivity index (χ2n) is 4.77. The Bertz CT molecular complexity index is 153. The summed E-state index contributed by atoms with van der Waals surface area (Å²) in [6.45, 7) is 10.1. The number of rotatable bonds is 12. The predicted molar refractivity (Wildman–Crippen MR) is 73.5 cm³/mol. The quantitative estimate of drug-likeness (QED) is 0.536. The van der Waals surface area contributed by atoms with Crippen LogP contribution in [0.2, 0.25) is 0 Å². The first-order chi connectivity index (χ1) is 8.24. The van der Waals surface area contributed by atoms with Crippen LogP contribution in [0.3, 0.4) is 0 Å². The molecule has 0 bridgehead atoms. The Labute approximate surface area is 107 Å². The molecule has 0 aliphatic rings. The standard InChI is InChI=1S/C14H31NO2/c1-5-13(3)12-14(6-2)15-8-7-9-17-11-10-16-4/h13-15H,5-12H2,1-4H3. The fraction of sp³-hybridized carbons (Fsp3) is 1.00. The normalized spacial score (nSPS) is 14.8. The number of nitrogens with one attached hydrogen (secondary N) is 1. The van der Waals surface area contributed by atoms with E-state index in [0.717, 1.165) is 25.5 Å². The van der Waals surface area contributed by atoms with E-state index < -0.39 is 0 Å². The van der Waals surface area contributed by atoms with Crippen molar-refractivity contribution in [2.75, 3.05) is 33.5 Å². The van der Waals surface area contributed by atoms with Gasteiger partial charge in [0.15, 0.2) is 0 Å². The summed E-state index contributed by atoms with van der Waals surface area (Å²) in [4.78, 5) is 0. The van der Waals surface area contributed by atoms with Crippen LogP contribution in [0.4, 0.5) is 0 Å². The van der Waals surface area contributed by atoms with Crippen molar-refractivity contribution in [1.82, 2.24) is 5.32 Å². The molecule has 0 radical (unpaired) electrons. The van der Waals surface area contributed by atoms with Crippen molar-refractivity contribution in [3.8, 4) is 0 Å². The summed E-state index contributed by atoms with van der Waals surface area (Å²) in [7, 11) is 1.70. The molecule has 104 valence electrons. The molecule has 0 amide bonds. The summed E-state index contributed by atoms with van der Waals surface area (Å²) in [6, 6.07) is 0.670. The molecule has 0 aliphatic carbocycles. The Balaban J connectivity index is 3.37. The molecule has 0 spiro atoms. The lowest BCUT2D eigenvalue weighted by molar-refractivity contribution is 0.0691. The zero-order valence-corrected chi connectivity index (χ0v) is 12.1. The average Bonchev–Trinajstić information content (AvgIpc) is 2.35. The van der Waals surface area contributed by atoms with Gasteiger partial charge in [-0.15, -0.1) is 0 Å². The third kappa shape index (κ3) is 10.7. The molecular weight excluding hydrogens is 214 g/mol. The largest absolute Gasteiger partial charge is 0.382 e. The van der Waals surface area contributed by atoms with Gasteiger partial charge >= 0.3 is 0 Å². The summed E-state index contributed by atoms with van der Waals surface area (Å²) in [6.07, 6.45) is 4.87. The van der Waals surface area contributed by atoms with Gasteiger partial charge in [-0.2, -0.15) is 0 Å². The highest BCUT2D eigenvalue weighted by molar-refractivity contribution is 4.67. The molecule has 0 aromatic carbocycles. The first-order valence-corrected chi connectivity index (χ1v) is 7.04. The SMILES string of the molecule is CCC(C)CC(CC)NCCCOCCOC. The van der Waals surface area contributed by atoms with Crippen LogP contribution in [-0.2, 0) is 9.47 Å². The van der Waals surface area contributed by atoms with E-state index in [4.69, 9.17) is 9.47 Å². The summed E-state index contributed by atoms with van der Waals surface area (Å²) in [5.41, 5.74) is 0. The van der Waals surface area contributed by atoms with Crippen molar-refractivity contribution in [2.45, 2.75) is 52.5 Å². The van der Waals surface area contributed by atoms with E-state index in [9.17, 15) is 0 Å². The lowest BCUT2D eigenvalue weighted by Crippen LogP contribution is -2.31. The van der Waals surface area contributed by atoms with Crippen LogP contribution in [0, 0.1) is 5.92 Å². The van der Waals surface area contributed by atoms with Crippen molar-refractivity contribution in [2.24, 2.45) is 5.92 Å². The molecule has 0 saturated heterocycles. The summed E-state index contributed by atoms with van der Waals surface area (Å²) < 4.78 is 10.3. The Kier molecular flexibility index (Phi) is 12.3. The molecule has 0 saturated carbocycles. The van der Waals surface area contributed by atoms with Crippen LogP contribution in [0.5, 0.6) is 0 Å². The van der Waals surface area contributed by atoms with Gasteiger partial charge in [0.1, 0.15) is 0 Å². The van der Waals surface area contributed by atoms with Gasteiger partial charge in [-0.3, -0.25) is 0 Å². The van der Waals surface area contributed by atoms with Crippen LogP contribution in [0.15, 0.2) is 0 Å².